The van der Waals surface area contributed by atoms with E-state index in [0.29, 0.717) is 11.3 Å². The first-order valence-electron chi connectivity index (χ1n) is 6.61. The normalized spacial score (nSPS) is 16.4. The highest BCUT2D eigenvalue weighted by molar-refractivity contribution is 6.03. The molecule has 0 aromatic heterocycles. The van der Waals surface area contributed by atoms with Crippen molar-refractivity contribution in [2.75, 3.05) is 0 Å². The Morgan fingerprint density at radius 1 is 1.10 bits per heavy atom. The number of ether oxygens (including phenoxy) is 1. The monoisotopic (exact) mass is 268 g/mol. The molecule has 0 atom stereocenters. The van der Waals surface area contributed by atoms with Crippen LogP contribution in [0, 0.1) is 0 Å². The van der Waals surface area contributed by atoms with E-state index in [1.54, 1.807) is 6.07 Å². The highest BCUT2D eigenvalue weighted by atomic mass is 16.5. The number of phenols is 1. The Morgan fingerprint density at radius 3 is 2.50 bits per heavy atom. The lowest BCUT2D eigenvalue weighted by Crippen LogP contribution is -2.35. The van der Waals surface area contributed by atoms with E-state index < -0.39 is 5.60 Å². The summed E-state index contributed by atoms with van der Waals surface area (Å²) < 4.78 is 5.85. The molecular weight excluding hydrogens is 252 g/mol. The third kappa shape index (κ3) is 2.16. The van der Waals surface area contributed by atoms with Gasteiger partial charge in [-0.15, -0.1) is 0 Å². The highest BCUT2D eigenvalue weighted by Gasteiger charge is 2.34. The molecule has 1 aliphatic heterocycles. The molecule has 0 unspecified atom stereocenters. The zero-order valence-electron chi connectivity index (χ0n) is 11.5. The van der Waals surface area contributed by atoms with Crippen molar-refractivity contribution in [3.63, 3.8) is 0 Å². The summed E-state index contributed by atoms with van der Waals surface area (Å²) in [4.78, 5) is 12.1. The molecule has 0 aliphatic carbocycles. The van der Waals surface area contributed by atoms with Crippen molar-refractivity contribution in [3.05, 3.63) is 48.0 Å². The van der Waals surface area contributed by atoms with Crippen LogP contribution in [0.1, 0.15) is 30.6 Å². The third-order valence-corrected chi connectivity index (χ3v) is 3.44. The summed E-state index contributed by atoms with van der Waals surface area (Å²) in [5.41, 5.74) is 1.58. The fourth-order valence-corrected chi connectivity index (χ4v) is 2.57. The quantitative estimate of drug-likeness (QED) is 0.855. The van der Waals surface area contributed by atoms with E-state index in [1.165, 1.54) is 0 Å². The zero-order valence-corrected chi connectivity index (χ0v) is 11.5. The molecule has 1 heterocycles. The fourth-order valence-electron chi connectivity index (χ4n) is 2.57. The predicted octanol–water partition coefficient (Wildman–Crippen LogP) is 3.80. The number of Topliss-reactive ketones (excluding diaryl/α,β-unsaturated/α-hetero) is 1. The van der Waals surface area contributed by atoms with Crippen LogP contribution in [0.15, 0.2) is 42.5 Å². The molecular formula is C17H16O3. The van der Waals surface area contributed by atoms with Crippen molar-refractivity contribution in [2.24, 2.45) is 0 Å². The minimum atomic E-state index is -0.536. The van der Waals surface area contributed by atoms with E-state index in [-0.39, 0.29) is 18.0 Å². The standard InChI is InChI=1S/C17H16O3/c1-17(2)10-14(19)16-13(18)8-12(9-15(16)20-17)11-6-4-3-5-7-11/h3-9,18H,10H2,1-2H3. The molecule has 2 aromatic carbocycles. The molecule has 20 heavy (non-hydrogen) atoms. The number of rotatable bonds is 1. The van der Waals surface area contributed by atoms with Crippen LogP contribution in [-0.2, 0) is 0 Å². The number of benzene rings is 2. The van der Waals surface area contributed by atoms with E-state index in [2.05, 4.69) is 0 Å². The Morgan fingerprint density at radius 2 is 1.80 bits per heavy atom. The number of aromatic hydroxyl groups is 1. The Labute approximate surface area is 117 Å². The lowest BCUT2D eigenvalue weighted by atomic mass is 9.91. The molecule has 0 amide bonds. The second kappa shape index (κ2) is 4.37. The van der Waals surface area contributed by atoms with Crippen molar-refractivity contribution >= 4 is 5.78 Å². The minimum absolute atomic E-state index is 0.0122. The second-order valence-electron chi connectivity index (χ2n) is 5.70. The molecule has 2 aromatic rings. The summed E-state index contributed by atoms with van der Waals surface area (Å²) in [5, 5.41) is 10.1. The van der Waals surface area contributed by atoms with Gasteiger partial charge in [0.2, 0.25) is 0 Å². The second-order valence-corrected chi connectivity index (χ2v) is 5.70. The third-order valence-electron chi connectivity index (χ3n) is 3.44. The molecule has 0 fully saturated rings. The van der Waals surface area contributed by atoms with Crippen LogP contribution in [0.25, 0.3) is 11.1 Å². The van der Waals surface area contributed by atoms with Crippen LogP contribution in [-0.4, -0.2) is 16.5 Å². The molecule has 0 spiro atoms. The number of phenolic OH excluding ortho intramolecular Hbond substituents is 1. The number of fused-ring (bicyclic) bond motifs is 1. The van der Waals surface area contributed by atoms with Gasteiger partial charge in [-0.3, -0.25) is 4.79 Å². The molecule has 3 heteroatoms. The minimum Gasteiger partial charge on any atom is -0.507 e. The number of carbonyl (C=O) groups is 1. The highest BCUT2D eigenvalue weighted by Crippen LogP contribution is 2.41. The zero-order chi connectivity index (χ0) is 14.3. The molecule has 3 rings (SSSR count). The van der Waals surface area contributed by atoms with Gasteiger partial charge in [0.1, 0.15) is 22.7 Å². The Bertz CT molecular complexity index is 672. The van der Waals surface area contributed by atoms with Gasteiger partial charge in [-0.1, -0.05) is 30.3 Å². The van der Waals surface area contributed by atoms with E-state index in [1.807, 2.05) is 50.2 Å². The van der Waals surface area contributed by atoms with E-state index in [0.717, 1.165) is 11.1 Å². The van der Waals surface area contributed by atoms with Crippen LogP contribution in [0.3, 0.4) is 0 Å². The van der Waals surface area contributed by atoms with Crippen molar-refractivity contribution in [1.82, 2.24) is 0 Å². The van der Waals surface area contributed by atoms with Crippen LogP contribution in [0.5, 0.6) is 11.5 Å². The predicted molar refractivity (Wildman–Crippen MR) is 77.2 cm³/mol. The summed E-state index contributed by atoms with van der Waals surface area (Å²) >= 11 is 0. The number of hydrogen-bond donors (Lipinski definition) is 1. The molecule has 0 saturated carbocycles. The maximum atomic E-state index is 12.1. The molecule has 0 radical (unpaired) electrons. The summed E-state index contributed by atoms with van der Waals surface area (Å²) in [7, 11) is 0. The molecule has 1 N–H and O–H groups in total. The number of ketones is 1. The first kappa shape index (κ1) is 12.7. The number of carbonyl (C=O) groups excluding carboxylic acids is 1. The maximum absolute atomic E-state index is 12.1. The first-order valence-corrected chi connectivity index (χ1v) is 6.61. The SMILES string of the molecule is CC1(C)CC(=O)c2c(O)cc(-c3ccccc3)cc2O1. The van der Waals surface area contributed by atoms with Gasteiger partial charge >= 0.3 is 0 Å². The molecule has 3 nitrogen and oxygen atoms in total. The van der Waals surface area contributed by atoms with Gasteiger partial charge in [0.25, 0.3) is 0 Å². The summed E-state index contributed by atoms with van der Waals surface area (Å²) in [5.74, 6) is 0.375. The largest absolute Gasteiger partial charge is 0.507 e. The van der Waals surface area contributed by atoms with Crippen LogP contribution < -0.4 is 4.74 Å². The average molecular weight is 268 g/mol. The van der Waals surface area contributed by atoms with Crippen molar-refractivity contribution < 1.29 is 14.6 Å². The van der Waals surface area contributed by atoms with Crippen LogP contribution in [0.2, 0.25) is 0 Å². The fraction of sp³-hybridized carbons (Fsp3) is 0.235. The Hall–Kier alpha value is -2.29. The molecule has 0 bridgehead atoms. The molecule has 1 aliphatic rings. The van der Waals surface area contributed by atoms with Gasteiger partial charge in [-0.2, -0.15) is 0 Å². The van der Waals surface area contributed by atoms with Crippen molar-refractivity contribution in [2.45, 2.75) is 25.9 Å². The summed E-state index contributed by atoms with van der Waals surface area (Å²) in [6, 6.07) is 13.2. The van der Waals surface area contributed by atoms with E-state index in [4.69, 9.17) is 4.74 Å². The van der Waals surface area contributed by atoms with Gasteiger partial charge in [-0.25, -0.2) is 0 Å². The van der Waals surface area contributed by atoms with Gasteiger partial charge in [0, 0.05) is 0 Å². The summed E-state index contributed by atoms with van der Waals surface area (Å²) in [6.45, 7) is 3.75. The smallest absolute Gasteiger partial charge is 0.174 e. The van der Waals surface area contributed by atoms with Crippen molar-refractivity contribution in [1.29, 1.82) is 0 Å². The summed E-state index contributed by atoms with van der Waals surface area (Å²) in [6.07, 6.45) is 0.276. The van der Waals surface area contributed by atoms with Crippen LogP contribution >= 0.6 is 0 Å². The first-order chi connectivity index (χ1) is 9.46. The Kier molecular flexibility index (Phi) is 2.78. The lowest BCUT2D eigenvalue weighted by Gasteiger charge is -2.32. The van der Waals surface area contributed by atoms with Gasteiger partial charge in [0.15, 0.2) is 5.78 Å². The molecule has 102 valence electrons. The van der Waals surface area contributed by atoms with Gasteiger partial charge < -0.3 is 9.84 Å². The Balaban J connectivity index is 2.15. The van der Waals surface area contributed by atoms with Crippen molar-refractivity contribution in [3.8, 4) is 22.6 Å². The van der Waals surface area contributed by atoms with E-state index >= 15 is 0 Å². The van der Waals surface area contributed by atoms with Gasteiger partial charge in [-0.05, 0) is 37.1 Å². The van der Waals surface area contributed by atoms with Gasteiger partial charge in [0.05, 0.1) is 6.42 Å². The average Bonchev–Trinajstić information content (AvgIpc) is 2.37. The van der Waals surface area contributed by atoms with E-state index in [9.17, 15) is 9.90 Å². The van der Waals surface area contributed by atoms with Crippen LogP contribution in [0.4, 0.5) is 0 Å². The lowest BCUT2D eigenvalue weighted by molar-refractivity contribution is 0.0615. The molecule has 0 saturated heterocycles. The maximum Gasteiger partial charge on any atom is 0.174 e. The number of hydrogen-bond acceptors (Lipinski definition) is 3. The topological polar surface area (TPSA) is 46.5 Å².